The first kappa shape index (κ1) is 20.2. The number of halogens is 2. The van der Waals surface area contributed by atoms with Gasteiger partial charge in [-0.05, 0) is 24.2 Å². The van der Waals surface area contributed by atoms with Gasteiger partial charge in [-0.15, -0.1) is 0 Å². The average molecular weight is 447 g/mol. The van der Waals surface area contributed by atoms with Gasteiger partial charge in [0.15, 0.2) is 0 Å². The van der Waals surface area contributed by atoms with Gasteiger partial charge in [-0.3, -0.25) is 0 Å². The smallest absolute Gasteiger partial charge is 0.227 e. The van der Waals surface area contributed by atoms with Crippen LogP contribution in [0, 0.1) is 6.92 Å². The van der Waals surface area contributed by atoms with E-state index in [0.717, 1.165) is 26.7 Å². The van der Waals surface area contributed by atoms with Crippen LogP contribution in [0.1, 0.15) is 28.2 Å². The van der Waals surface area contributed by atoms with Gasteiger partial charge in [-0.25, -0.2) is 19.9 Å². The van der Waals surface area contributed by atoms with E-state index in [1.54, 1.807) is 0 Å². The minimum absolute atomic E-state index is 0.241. The first-order valence-electron chi connectivity index (χ1n) is 9.00. The molecule has 0 saturated heterocycles. The maximum absolute atomic E-state index is 6.68. The summed E-state index contributed by atoms with van der Waals surface area (Å²) in [5, 5.41) is 2.39. The minimum Gasteiger partial charge on any atom is -0.347 e. The van der Waals surface area contributed by atoms with Gasteiger partial charge in [0.2, 0.25) is 11.9 Å². The molecule has 6 nitrogen and oxygen atoms in total. The molecule has 4 rings (SSSR count). The summed E-state index contributed by atoms with van der Waals surface area (Å²) >= 11 is 14.8. The number of nitrogens with zero attached hydrogens (tertiary/aromatic N) is 6. The van der Waals surface area contributed by atoms with Crippen LogP contribution < -0.4 is 9.80 Å². The third-order valence-corrected chi connectivity index (χ3v) is 6.27. The van der Waals surface area contributed by atoms with Crippen molar-refractivity contribution in [2.45, 2.75) is 22.9 Å². The molecule has 0 aliphatic carbocycles. The highest BCUT2D eigenvalue weighted by atomic mass is 35.5. The van der Waals surface area contributed by atoms with Gasteiger partial charge >= 0.3 is 0 Å². The highest BCUT2D eigenvalue weighted by molar-refractivity contribution is 7.99. The fraction of sp³-hybridized carbons (Fsp3) is 0.300. The Morgan fingerprint density at radius 1 is 0.759 bits per heavy atom. The number of benzene rings is 1. The molecule has 1 aromatic carbocycles. The number of aromatic nitrogens is 4. The first-order chi connectivity index (χ1) is 13.8. The lowest BCUT2D eigenvalue weighted by Gasteiger charge is -2.29. The summed E-state index contributed by atoms with van der Waals surface area (Å²) in [6, 6.07) is 8.30. The lowest BCUT2D eigenvalue weighted by molar-refractivity contribution is 0.795. The molecule has 1 aliphatic heterocycles. The molecule has 29 heavy (non-hydrogen) atoms. The predicted octanol–water partition coefficient (Wildman–Crippen LogP) is 4.66. The van der Waals surface area contributed by atoms with Crippen LogP contribution in [0.15, 0.2) is 34.3 Å². The maximum atomic E-state index is 6.68. The van der Waals surface area contributed by atoms with Gasteiger partial charge in [0.05, 0.1) is 0 Å². The van der Waals surface area contributed by atoms with E-state index >= 15 is 0 Å². The maximum Gasteiger partial charge on any atom is 0.227 e. The van der Waals surface area contributed by atoms with Gasteiger partial charge in [0.1, 0.15) is 20.4 Å². The second-order valence-corrected chi connectivity index (χ2v) is 8.99. The highest BCUT2D eigenvalue weighted by Crippen LogP contribution is 2.51. The van der Waals surface area contributed by atoms with Crippen molar-refractivity contribution in [3.63, 3.8) is 0 Å². The van der Waals surface area contributed by atoms with E-state index in [1.165, 1.54) is 17.3 Å². The largest absolute Gasteiger partial charge is 0.347 e. The van der Waals surface area contributed by atoms with Gasteiger partial charge in [0.25, 0.3) is 0 Å². The van der Waals surface area contributed by atoms with E-state index in [9.17, 15) is 0 Å². The van der Waals surface area contributed by atoms with E-state index in [-0.39, 0.29) is 5.92 Å². The number of aryl methyl sites for hydroxylation is 1. The van der Waals surface area contributed by atoms with Crippen LogP contribution >= 0.6 is 35.0 Å². The van der Waals surface area contributed by atoms with Crippen LogP contribution in [0.25, 0.3) is 0 Å². The summed E-state index contributed by atoms with van der Waals surface area (Å²) in [6.07, 6.45) is 0. The molecule has 0 amide bonds. The second-order valence-electron chi connectivity index (χ2n) is 7.30. The summed E-state index contributed by atoms with van der Waals surface area (Å²) in [4.78, 5) is 22.2. The van der Waals surface area contributed by atoms with Crippen LogP contribution in [0.4, 0.5) is 11.9 Å². The molecule has 3 aromatic rings. The monoisotopic (exact) mass is 446 g/mol. The van der Waals surface area contributed by atoms with Crippen molar-refractivity contribution in [1.29, 1.82) is 0 Å². The first-order valence-corrected chi connectivity index (χ1v) is 10.6. The molecular weight excluding hydrogens is 427 g/mol. The van der Waals surface area contributed by atoms with Crippen molar-refractivity contribution in [1.82, 2.24) is 19.9 Å². The normalized spacial score (nSPS) is 13.1. The predicted molar refractivity (Wildman–Crippen MR) is 119 cm³/mol. The summed E-state index contributed by atoms with van der Waals surface area (Å²) < 4.78 is 0. The lowest BCUT2D eigenvalue weighted by atomic mass is 9.87. The van der Waals surface area contributed by atoms with Crippen LogP contribution in [-0.2, 0) is 0 Å². The summed E-state index contributed by atoms with van der Waals surface area (Å²) in [6.45, 7) is 2.06. The molecule has 0 unspecified atom stereocenters. The van der Waals surface area contributed by atoms with Crippen molar-refractivity contribution >= 4 is 46.9 Å². The van der Waals surface area contributed by atoms with Gasteiger partial charge in [0, 0.05) is 45.2 Å². The molecule has 3 heterocycles. The Kier molecular flexibility index (Phi) is 5.31. The van der Waals surface area contributed by atoms with E-state index in [4.69, 9.17) is 33.2 Å². The molecule has 150 valence electrons. The van der Waals surface area contributed by atoms with Gasteiger partial charge < -0.3 is 9.80 Å². The number of hydrogen-bond donors (Lipinski definition) is 0. The molecule has 0 saturated carbocycles. The molecular formula is C20H20Cl2N6S. The van der Waals surface area contributed by atoms with Crippen LogP contribution in [0.3, 0.4) is 0 Å². The quantitative estimate of drug-likeness (QED) is 0.424. The second kappa shape index (κ2) is 7.63. The third-order valence-electron chi connectivity index (χ3n) is 4.69. The van der Waals surface area contributed by atoms with E-state index in [2.05, 4.69) is 41.2 Å². The van der Waals surface area contributed by atoms with Crippen LogP contribution in [0.5, 0.6) is 0 Å². The lowest BCUT2D eigenvalue weighted by Crippen LogP contribution is -2.20. The summed E-state index contributed by atoms with van der Waals surface area (Å²) in [7, 11) is 7.56. The number of rotatable bonds is 3. The zero-order chi connectivity index (χ0) is 20.9. The third kappa shape index (κ3) is 3.63. The van der Waals surface area contributed by atoms with Crippen molar-refractivity contribution < 1.29 is 0 Å². The highest BCUT2D eigenvalue weighted by Gasteiger charge is 2.36. The fourth-order valence-corrected chi connectivity index (χ4v) is 4.94. The minimum atomic E-state index is -0.241. The number of anilines is 2. The van der Waals surface area contributed by atoms with E-state index in [0.29, 0.717) is 22.2 Å². The Hall–Kier alpha value is -2.09. The Bertz CT molecular complexity index is 1020. The van der Waals surface area contributed by atoms with Crippen molar-refractivity contribution in [3.8, 4) is 0 Å². The fourth-order valence-electron chi connectivity index (χ4n) is 3.19. The molecule has 0 bridgehead atoms. The van der Waals surface area contributed by atoms with Crippen LogP contribution in [0.2, 0.25) is 10.3 Å². The molecule has 2 aromatic heterocycles. The molecule has 9 heteroatoms. The average Bonchev–Trinajstić information content (AvgIpc) is 2.66. The summed E-state index contributed by atoms with van der Waals surface area (Å²) in [5.41, 5.74) is 3.89. The Morgan fingerprint density at radius 3 is 1.62 bits per heavy atom. The van der Waals surface area contributed by atoms with Crippen molar-refractivity contribution in [2.24, 2.45) is 0 Å². The van der Waals surface area contributed by atoms with Crippen molar-refractivity contribution in [3.05, 3.63) is 56.8 Å². The van der Waals surface area contributed by atoms with Crippen molar-refractivity contribution in [2.75, 3.05) is 38.0 Å². The van der Waals surface area contributed by atoms with E-state index in [1.807, 2.05) is 38.0 Å². The van der Waals surface area contributed by atoms with Gasteiger partial charge in [-0.2, -0.15) is 0 Å². The Balaban J connectivity index is 2.00. The molecule has 0 atom stereocenters. The molecule has 0 radical (unpaired) electrons. The van der Waals surface area contributed by atoms with Crippen LogP contribution in [-0.4, -0.2) is 48.1 Å². The standard InChI is InChI=1S/C20H20Cl2N6S/c1-10-6-8-11(9-7-10)12-13-15(21)23-19(27(2)3)25-17(13)29-18-14(12)16(22)24-20(26-18)28(4)5/h6-9,12H,1-5H3. The number of fused-ring (bicyclic) bond motifs is 2. The summed E-state index contributed by atoms with van der Waals surface area (Å²) in [5.74, 6) is 0.870. The molecule has 0 spiro atoms. The zero-order valence-electron chi connectivity index (χ0n) is 16.7. The molecule has 1 aliphatic rings. The Morgan fingerprint density at radius 2 is 1.21 bits per heavy atom. The van der Waals surface area contributed by atoms with E-state index < -0.39 is 0 Å². The Labute approximate surface area is 184 Å². The topological polar surface area (TPSA) is 58.0 Å². The molecule has 0 fully saturated rings. The SMILES string of the molecule is Cc1ccc(C2c3c(Cl)nc(N(C)C)nc3Sc3nc(N(C)C)nc(Cl)c32)cc1. The number of hydrogen-bond acceptors (Lipinski definition) is 7. The van der Waals surface area contributed by atoms with Gasteiger partial charge in [-0.1, -0.05) is 53.0 Å². The molecule has 0 N–H and O–H groups in total. The zero-order valence-corrected chi connectivity index (χ0v) is 19.1.